The molecule has 16 heavy (non-hydrogen) atoms. The number of nitrogens with zero attached hydrogens (tertiary/aromatic N) is 3. The van der Waals surface area contributed by atoms with Crippen molar-refractivity contribution in [3.05, 3.63) is 48.3 Å². The molecular formula is C12H13N3O. The molecule has 0 saturated heterocycles. The van der Waals surface area contributed by atoms with Crippen LogP contribution in [0.5, 0.6) is 0 Å². The maximum Gasteiger partial charge on any atom is 0.165 e. The predicted octanol–water partition coefficient (Wildman–Crippen LogP) is 2.11. The molecule has 1 unspecified atom stereocenters. The van der Waals surface area contributed by atoms with Crippen LogP contribution in [0, 0.1) is 0 Å². The van der Waals surface area contributed by atoms with E-state index in [0.717, 1.165) is 5.56 Å². The third-order valence-corrected chi connectivity index (χ3v) is 2.41. The van der Waals surface area contributed by atoms with Crippen molar-refractivity contribution in [1.82, 2.24) is 15.0 Å². The van der Waals surface area contributed by atoms with Crippen LogP contribution in [0.25, 0.3) is 0 Å². The lowest BCUT2D eigenvalue weighted by atomic mass is 10.1. The molecule has 4 heteroatoms. The van der Waals surface area contributed by atoms with Gasteiger partial charge >= 0.3 is 0 Å². The molecule has 4 nitrogen and oxygen atoms in total. The number of hydrogen-bond donors (Lipinski definition) is 0. The monoisotopic (exact) mass is 215 g/mol. The smallest absolute Gasteiger partial charge is 0.165 e. The number of aromatic nitrogens is 3. The van der Waals surface area contributed by atoms with Gasteiger partial charge in [0.1, 0.15) is 0 Å². The van der Waals surface area contributed by atoms with Gasteiger partial charge in [-0.25, -0.2) is 0 Å². The molecule has 1 aromatic carbocycles. The van der Waals surface area contributed by atoms with E-state index in [1.165, 1.54) is 0 Å². The SMILES string of the molecule is CC(CC(=O)c1ccccc1)n1nccn1. The highest BCUT2D eigenvalue weighted by molar-refractivity contribution is 5.96. The van der Waals surface area contributed by atoms with Gasteiger partial charge < -0.3 is 0 Å². The van der Waals surface area contributed by atoms with Crippen molar-refractivity contribution in [1.29, 1.82) is 0 Å². The number of rotatable bonds is 4. The van der Waals surface area contributed by atoms with Crippen LogP contribution in [0.3, 0.4) is 0 Å². The van der Waals surface area contributed by atoms with Crippen molar-refractivity contribution >= 4 is 5.78 Å². The Morgan fingerprint density at radius 3 is 2.50 bits per heavy atom. The van der Waals surface area contributed by atoms with E-state index < -0.39 is 0 Å². The Morgan fingerprint density at radius 1 is 1.25 bits per heavy atom. The first-order valence-electron chi connectivity index (χ1n) is 5.21. The topological polar surface area (TPSA) is 47.8 Å². The van der Waals surface area contributed by atoms with E-state index in [2.05, 4.69) is 10.2 Å². The molecule has 1 aromatic heterocycles. The summed E-state index contributed by atoms with van der Waals surface area (Å²) in [4.78, 5) is 13.4. The molecule has 0 spiro atoms. The predicted molar refractivity (Wildman–Crippen MR) is 60.1 cm³/mol. The summed E-state index contributed by atoms with van der Waals surface area (Å²) in [5.41, 5.74) is 0.738. The van der Waals surface area contributed by atoms with Gasteiger partial charge in [0.05, 0.1) is 18.4 Å². The van der Waals surface area contributed by atoms with Crippen molar-refractivity contribution in [2.75, 3.05) is 0 Å². The van der Waals surface area contributed by atoms with E-state index in [-0.39, 0.29) is 11.8 Å². The minimum atomic E-state index is -0.0114. The van der Waals surface area contributed by atoms with E-state index in [1.807, 2.05) is 37.3 Å². The van der Waals surface area contributed by atoms with Gasteiger partial charge in [0.2, 0.25) is 0 Å². The summed E-state index contributed by atoms with van der Waals surface area (Å²) in [5, 5.41) is 8.03. The summed E-state index contributed by atoms with van der Waals surface area (Å²) in [6.45, 7) is 1.93. The maximum absolute atomic E-state index is 11.9. The fourth-order valence-electron chi connectivity index (χ4n) is 1.55. The summed E-state index contributed by atoms with van der Waals surface area (Å²) in [6, 6.07) is 9.27. The van der Waals surface area contributed by atoms with Gasteiger partial charge in [-0.05, 0) is 6.92 Å². The molecule has 0 saturated carbocycles. The second-order valence-electron chi connectivity index (χ2n) is 3.69. The number of ketones is 1. The van der Waals surface area contributed by atoms with Crippen LogP contribution in [0.2, 0.25) is 0 Å². The molecule has 0 radical (unpaired) electrons. The van der Waals surface area contributed by atoms with Crippen LogP contribution < -0.4 is 0 Å². The Bertz CT molecular complexity index is 450. The summed E-state index contributed by atoms with van der Waals surface area (Å²) in [5.74, 6) is 0.116. The van der Waals surface area contributed by atoms with Crippen molar-refractivity contribution in [2.45, 2.75) is 19.4 Å². The molecule has 2 rings (SSSR count). The normalized spacial score (nSPS) is 12.3. The van der Waals surface area contributed by atoms with Crippen molar-refractivity contribution in [3.63, 3.8) is 0 Å². The first-order chi connectivity index (χ1) is 7.77. The summed E-state index contributed by atoms with van der Waals surface area (Å²) >= 11 is 0. The molecule has 0 N–H and O–H groups in total. The zero-order chi connectivity index (χ0) is 11.4. The first kappa shape index (κ1) is 10.5. The average molecular weight is 215 g/mol. The Labute approximate surface area is 93.9 Å². The Balaban J connectivity index is 2.03. The summed E-state index contributed by atoms with van der Waals surface area (Å²) < 4.78 is 0. The minimum Gasteiger partial charge on any atom is -0.294 e. The van der Waals surface area contributed by atoms with Gasteiger partial charge in [-0.15, -0.1) is 0 Å². The molecule has 82 valence electrons. The molecule has 0 fully saturated rings. The van der Waals surface area contributed by atoms with Crippen LogP contribution >= 0.6 is 0 Å². The van der Waals surface area contributed by atoms with E-state index >= 15 is 0 Å². The minimum absolute atomic E-state index is 0.0114. The van der Waals surface area contributed by atoms with Crippen molar-refractivity contribution in [2.24, 2.45) is 0 Å². The van der Waals surface area contributed by atoms with Gasteiger partial charge in [-0.3, -0.25) is 4.79 Å². The molecule has 0 bridgehead atoms. The van der Waals surface area contributed by atoms with Crippen LogP contribution in [-0.2, 0) is 0 Å². The van der Waals surface area contributed by atoms with Crippen LogP contribution in [0.15, 0.2) is 42.7 Å². The highest BCUT2D eigenvalue weighted by atomic mass is 16.1. The molecule has 0 amide bonds. The summed E-state index contributed by atoms with van der Waals surface area (Å²) in [7, 11) is 0. The Morgan fingerprint density at radius 2 is 1.88 bits per heavy atom. The number of carbonyl (C=O) groups excluding carboxylic acids is 1. The van der Waals surface area contributed by atoms with Gasteiger partial charge in [0.25, 0.3) is 0 Å². The number of Topliss-reactive ketones (excluding diaryl/α,β-unsaturated/α-hetero) is 1. The summed E-state index contributed by atoms with van der Waals surface area (Å²) in [6.07, 6.45) is 3.64. The Kier molecular flexibility index (Phi) is 3.10. The van der Waals surface area contributed by atoms with E-state index in [4.69, 9.17) is 0 Å². The van der Waals surface area contributed by atoms with Crippen LogP contribution in [-0.4, -0.2) is 20.8 Å². The largest absolute Gasteiger partial charge is 0.294 e. The highest BCUT2D eigenvalue weighted by Crippen LogP contribution is 2.12. The third kappa shape index (κ3) is 2.34. The number of carbonyl (C=O) groups is 1. The van der Waals surface area contributed by atoms with Crippen LogP contribution in [0.4, 0.5) is 0 Å². The molecule has 2 aromatic rings. The number of hydrogen-bond acceptors (Lipinski definition) is 3. The second-order valence-corrected chi connectivity index (χ2v) is 3.69. The van der Waals surface area contributed by atoms with Gasteiger partial charge in [0, 0.05) is 12.0 Å². The molecular weight excluding hydrogens is 202 g/mol. The quantitative estimate of drug-likeness (QED) is 0.734. The molecule has 1 atom stereocenters. The third-order valence-electron chi connectivity index (χ3n) is 2.41. The first-order valence-corrected chi connectivity index (χ1v) is 5.21. The van der Waals surface area contributed by atoms with E-state index in [9.17, 15) is 4.79 Å². The fraction of sp³-hybridized carbons (Fsp3) is 0.250. The molecule has 0 aliphatic heterocycles. The zero-order valence-electron chi connectivity index (χ0n) is 9.08. The highest BCUT2D eigenvalue weighted by Gasteiger charge is 2.13. The van der Waals surface area contributed by atoms with Crippen molar-refractivity contribution in [3.8, 4) is 0 Å². The number of benzene rings is 1. The second kappa shape index (κ2) is 4.70. The lowest BCUT2D eigenvalue weighted by molar-refractivity contribution is 0.0961. The van der Waals surface area contributed by atoms with E-state index in [0.29, 0.717) is 6.42 Å². The van der Waals surface area contributed by atoms with E-state index in [1.54, 1.807) is 17.2 Å². The lowest BCUT2D eigenvalue weighted by Gasteiger charge is -2.09. The van der Waals surface area contributed by atoms with Crippen molar-refractivity contribution < 1.29 is 4.79 Å². The molecule has 1 heterocycles. The molecule has 0 aliphatic carbocycles. The van der Waals surface area contributed by atoms with Gasteiger partial charge in [-0.2, -0.15) is 15.0 Å². The standard InChI is InChI=1S/C12H13N3O/c1-10(15-13-7-8-14-15)9-12(16)11-5-3-2-4-6-11/h2-8,10H,9H2,1H3. The zero-order valence-corrected chi connectivity index (χ0v) is 9.08. The maximum atomic E-state index is 11.9. The van der Waals surface area contributed by atoms with Gasteiger partial charge in [-0.1, -0.05) is 30.3 Å². The molecule has 0 aliphatic rings. The Hall–Kier alpha value is -1.97. The lowest BCUT2D eigenvalue weighted by Crippen LogP contribution is -2.13. The fourth-order valence-corrected chi connectivity index (χ4v) is 1.55. The van der Waals surface area contributed by atoms with Crippen LogP contribution in [0.1, 0.15) is 29.7 Å². The average Bonchev–Trinajstić information content (AvgIpc) is 2.83. The van der Waals surface area contributed by atoms with Gasteiger partial charge in [0.15, 0.2) is 5.78 Å².